The minimum Gasteiger partial charge on any atom is -0.493 e. The molecule has 1 N–H and O–H groups in total. The third-order valence-corrected chi connectivity index (χ3v) is 2.22. The van der Waals surface area contributed by atoms with Crippen LogP contribution in [0, 0.1) is 0 Å². The highest BCUT2D eigenvalue weighted by molar-refractivity contribution is 5.96. The number of methoxy groups -OCH3 is 2. The van der Waals surface area contributed by atoms with E-state index in [1.165, 1.54) is 32.4 Å². The summed E-state index contributed by atoms with van der Waals surface area (Å²) in [5.74, 6) is -6.37. The minimum absolute atomic E-state index is 0.108. The van der Waals surface area contributed by atoms with Gasteiger partial charge in [-0.15, -0.1) is 0 Å². The molecule has 0 fully saturated rings. The summed E-state index contributed by atoms with van der Waals surface area (Å²) >= 11 is 0. The zero-order chi connectivity index (χ0) is 14.6. The molecule has 106 valence electrons. The molecule has 0 heterocycles. The first-order valence-corrected chi connectivity index (χ1v) is 5.02. The van der Waals surface area contributed by atoms with Gasteiger partial charge in [0.15, 0.2) is 11.5 Å². The van der Waals surface area contributed by atoms with Crippen LogP contribution in [0.5, 0.6) is 11.5 Å². The van der Waals surface area contributed by atoms with E-state index in [9.17, 15) is 22.4 Å². The van der Waals surface area contributed by atoms with Gasteiger partial charge in [0.2, 0.25) is 0 Å². The van der Waals surface area contributed by atoms with Gasteiger partial charge in [-0.25, -0.2) is 8.78 Å². The topological polar surface area (TPSA) is 47.6 Å². The summed E-state index contributed by atoms with van der Waals surface area (Å²) in [6.07, 6.45) is -4.08. The van der Waals surface area contributed by atoms with Crippen molar-refractivity contribution in [3.63, 3.8) is 0 Å². The molecule has 0 aromatic heterocycles. The summed E-state index contributed by atoms with van der Waals surface area (Å²) in [6, 6.07) is 3.74. The highest BCUT2D eigenvalue weighted by atomic mass is 19.3. The fourth-order valence-corrected chi connectivity index (χ4v) is 1.23. The van der Waals surface area contributed by atoms with Crippen LogP contribution in [-0.2, 0) is 4.79 Å². The van der Waals surface area contributed by atoms with Crippen LogP contribution in [0.3, 0.4) is 0 Å². The average Bonchev–Trinajstić information content (AvgIpc) is 2.38. The van der Waals surface area contributed by atoms with E-state index >= 15 is 0 Å². The average molecular weight is 281 g/mol. The van der Waals surface area contributed by atoms with Gasteiger partial charge >= 0.3 is 18.3 Å². The van der Waals surface area contributed by atoms with Crippen LogP contribution in [0.2, 0.25) is 0 Å². The molecule has 0 atom stereocenters. The lowest BCUT2D eigenvalue weighted by Gasteiger charge is -2.15. The Balaban J connectivity index is 2.92. The highest BCUT2D eigenvalue weighted by Gasteiger charge is 2.48. The Labute approximate surface area is 106 Å². The van der Waals surface area contributed by atoms with Crippen LogP contribution in [0.15, 0.2) is 18.2 Å². The quantitative estimate of drug-likeness (QED) is 0.844. The first-order valence-electron chi connectivity index (χ1n) is 5.02. The molecule has 0 unspecified atom stereocenters. The van der Waals surface area contributed by atoms with Crippen LogP contribution in [0.25, 0.3) is 0 Å². The molecule has 1 amide bonds. The Bertz CT molecular complexity index is 465. The number of hydrogen-bond acceptors (Lipinski definition) is 3. The number of ether oxygens (including phenoxy) is 2. The third kappa shape index (κ3) is 3.27. The summed E-state index contributed by atoms with van der Waals surface area (Å²) in [5.41, 5.74) is -0.108. The van der Waals surface area contributed by atoms with E-state index in [0.717, 1.165) is 0 Å². The first-order chi connectivity index (χ1) is 8.82. The predicted octanol–water partition coefficient (Wildman–Crippen LogP) is 2.54. The van der Waals surface area contributed by atoms with Crippen molar-refractivity contribution >= 4 is 11.6 Å². The molecule has 19 heavy (non-hydrogen) atoms. The molecule has 0 aliphatic heterocycles. The number of nitrogens with one attached hydrogen (secondary N) is 1. The maximum Gasteiger partial charge on any atom is 0.383 e. The van der Waals surface area contributed by atoms with Crippen LogP contribution in [-0.4, -0.2) is 32.5 Å². The number of carbonyl (C=O) groups excluding carboxylic acids is 1. The predicted molar refractivity (Wildman–Crippen MR) is 59.1 cm³/mol. The Morgan fingerprint density at radius 1 is 1.21 bits per heavy atom. The second-order valence-corrected chi connectivity index (χ2v) is 3.45. The van der Waals surface area contributed by atoms with Gasteiger partial charge in [-0.2, -0.15) is 8.78 Å². The lowest BCUT2D eigenvalue weighted by atomic mass is 10.2. The molecule has 0 aliphatic rings. The minimum atomic E-state index is -4.76. The molecule has 1 aromatic rings. The fraction of sp³-hybridized carbons (Fsp3) is 0.364. The molecule has 0 radical (unpaired) electrons. The van der Waals surface area contributed by atoms with E-state index in [1.54, 1.807) is 5.32 Å². The molecule has 0 aliphatic carbocycles. The molecule has 4 nitrogen and oxygen atoms in total. The van der Waals surface area contributed by atoms with Crippen molar-refractivity contribution in [3.05, 3.63) is 18.2 Å². The van der Waals surface area contributed by atoms with Gasteiger partial charge in [-0.05, 0) is 12.1 Å². The van der Waals surface area contributed by atoms with Crippen molar-refractivity contribution in [2.75, 3.05) is 19.5 Å². The summed E-state index contributed by atoms with van der Waals surface area (Å²) < 4.78 is 59.2. The van der Waals surface area contributed by atoms with Gasteiger partial charge in [0, 0.05) is 11.8 Å². The van der Waals surface area contributed by atoms with Crippen molar-refractivity contribution in [1.82, 2.24) is 0 Å². The number of halogens is 4. The van der Waals surface area contributed by atoms with E-state index in [2.05, 4.69) is 0 Å². The van der Waals surface area contributed by atoms with Crippen molar-refractivity contribution in [2.45, 2.75) is 12.3 Å². The van der Waals surface area contributed by atoms with Gasteiger partial charge in [-0.1, -0.05) is 0 Å². The van der Waals surface area contributed by atoms with Crippen LogP contribution < -0.4 is 14.8 Å². The van der Waals surface area contributed by atoms with Crippen LogP contribution >= 0.6 is 0 Å². The second-order valence-electron chi connectivity index (χ2n) is 3.45. The Morgan fingerprint density at radius 2 is 1.79 bits per heavy atom. The largest absolute Gasteiger partial charge is 0.493 e. The highest BCUT2D eigenvalue weighted by Crippen LogP contribution is 2.31. The molecule has 8 heteroatoms. The van der Waals surface area contributed by atoms with E-state index in [-0.39, 0.29) is 11.4 Å². The van der Waals surface area contributed by atoms with Crippen molar-refractivity contribution in [2.24, 2.45) is 0 Å². The molecular weight excluding hydrogens is 270 g/mol. The zero-order valence-corrected chi connectivity index (χ0v) is 10.0. The molecule has 0 saturated carbocycles. The van der Waals surface area contributed by atoms with Crippen LogP contribution in [0.4, 0.5) is 23.2 Å². The number of anilines is 1. The number of alkyl halides is 4. The summed E-state index contributed by atoms with van der Waals surface area (Å²) in [4.78, 5) is 11.0. The molecule has 1 rings (SSSR count). The Kier molecular flexibility index (Phi) is 4.57. The normalized spacial score (nSPS) is 11.3. The summed E-state index contributed by atoms with van der Waals surface area (Å²) in [7, 11) is 2.66. The van der Waals surface area contributed by atoms with Gasteiger partial charge in [0.05, 0.1) is 14.2 Å². The standard InChI is InChI=1S/C11H11F4NO3/c1-18-7-4-3-6(5-8(7)19-2)16-10(17)11(14,15)9(12)13/h3-5,9H,1-2H3,(H,16,17). The van der Waals surface area contributed by atoms with Gasteiger partial charge in [0.25, 0.3) is 0 Å². The van der Waals surface area contributed by atoms with Crippen molar-refractivity contribution < 1.29 is 31.8 Å². The number of hydrogen-bond donors (Lipinski definition) is 1. The molecule has 0 saturated heterocycles. The van der Waals surface area contributed by atoms with Crippen LogP contribution in [0.1, 0.15) is 0 Å². The maximum atomic E-state index is 12.7. The van der Waals surface area contributed by atoms with Gasteiger partial charge in [0.1, 0.15) is 0 Å². The molecule has 0 spiro atoms. The number of amides is 1. The first kappa shape index (κ1) is 15.1. The van der Waals surface area contributed by atoms with Gasteiger partial charge < -0.3 is 14.8 Å². The summed E-state index contributed by atoms with van der Waals surface area (Å²) in [6.45, 7) is 0. The molecule has 0 bridgehead atoms. The zero-order valence-electron chi connectivity index (χ0n) is 10.0. The van der Waals surface area contributed by atoms with E-state index < -0.39 is 18.3 Å². The smallest absolute Gasteiger partial charge is 0.383 e. The fourth-order valence-electron chi connectivity index (χ4n) is 1.23. The van der Waals surface area contributed by atoms with Crippen molar-refractivity contribution in [3.8, 4) is 11.5 Å². The number of carbonyl (C=O) groups is 1. The lowest BCUT2D eigenvalue weighted by molar-refractivity contribution is -0.163. The monoisotopic (exact) mass is 281 g/mol. The van der Waals surface area contributed by atoms with E-state index in [4.69, 9.17) is 9.47 Å². The Morgan fingerprint density at radius 3 is 2.26 bits per heavy atom. The maximum absolute atomic E-state index is 12.7. The molecular formula is C11H11F4NO3. The lowest BCUT2D eigenvalue weighted by Crippen LogP contribution is -2.40. The third-order valence-electron chi connectivity index (χ3n) is 2.22. The molecule has 1 aromatic carbocycles. The number of benzene rings is 1. The Hall–Kier alpha value is -1.99. The second kappa shape index (κ2) is 5.77. The number of rotatable bonds is 5. The SMILES string of the molecule is COc1ccc(NC(=O)C(F)(F)C(F)F)cc1OC. The van der Waals surface area contributed by atoms with E-state index in [1.807, 2.05) is 0 Å². The summed E-state index contributed by atoms with van der Waals surface area (Å²) in [5, 5.41) is 1.69. The van der Waals surface area contributed by atoms with E-state index in [0.29, 0.717) is 5.75 Å². The van der Waals surface area contributed by atoms with Crippen molar-refractivity contribution in [1.29, 1.82) is 0 Å². The van der Waals surface area contributed by atoms with Gasteiger partial charge in [-0.3, -0.25) is 4.79 Å².